The van der Waals surface area contributed by atoms with Crippen LogP contribution in [0.3, 0.4) is 0 Å². The van der Waals surface area contributed by atoms with E-state index in [4.69, 9.17) is 0 Å². The van der Waals surface area contributed by atoms with Crippen molar-refractivity contribution in [2.24, 2.45) is 0 Å². The van der Waals surface area contributed by atoms with Crippen LogP contribution in [-0.2, 0) is 0 Å². The first-order valence-corrected chi connectivity index (χ1v) is 7.93. The molecule has 3 nitrogen and oxygen atoms in total. The van der Waals surface area contributed by atoms with E-state index in [1.54, 1.807) is 0 Å². The van der Waals surface area contributed by atoms with Crippen LogP contribution < -0.4 is 0 Å². The van der Waals surface area contributed by atoms with Crippen LogP contribution in [0.25, 0.3) is 0 Å². The maximum atomic E-state index is 12.2. The average molecular weight is 372 g/mol. The van der Waals surface area contributed by atoms with E-state index in [-0.39, 0.29) is 5.78 Å². The predicted molar refractivity (Wildman–Crippen MR) is 86.6 cm³/mol. The van der Waals surface area contributed by atoms with E-state index < -0.39 is 0 Å². The molecule has 1 heterocycles. The van der Waals surface area contributed by atoms with Crippen molar-refractivity contribution in [3.8, 4) is 0 Å². The summed E-state index contributed by atoms with van der Waals surface area (Å²) >= 11 is 2.26. The van der Waals surface area contributed by atoms with Gasteiger partial charge in [0.15, 0.2) is 5.78 Å². The van der Waals surface area contributed by atoms with Gasteiger partial charge in [-0.2, -0.15) is 0 Å². The van der Waals surface area contributed by atoms with Crippen molar-refractivity contribution in [2.75, 3.05) is 32.7 Å². The quantitative estimate of drug-likeness (QED) is 0.600. The maximum absolute atomic E-state index is 12.2. The Bertz CT molecular complexity index is 432. The third-order valence-electron chi connectivity index (χ3n) is 3.79. The maximum Gasteiger partial charge on any atom is 0.176 e. The van der Waals surface area contributed by atoms with Crippen molar-refractivity contribution in [1.82, 2.24) is 9.80 Å². The van der Waals surface area contributed by atoms with Gasteiger partial charge < -0.3 is 0 Å². The van der Waals surface area contributed by atoms with E-state index in [9.17, 15) is 4.79 Å². The Balaban J connectivity index is 1.91. The number of rotatable bonds is 4. The minimum Gasteiger partial charge on any atom is -0.298 e. The van der Waals surface area contributed by atoms with Crippen molar-refractivity contribution in [3.63, 3.8) is 0 Å². The van der Waals surface area contributed by atoms with Crippen LogP contribution >= 0.6 is 22.6 Å². The van der Waals surface area contributed by atoms with Crippen LogP contribution in [0, 0.1) is 3.57 Å². The predicted octanol–water partition coefficient (Wildman–Crippen LogP) is 2.50. The Hall–Kier alpha value is -0.460. The molecule has 2 rings (SSSR count). The highest BCUT2D eigenvalue weighted by Gasteiger charge is 2.23. The molecule has 104 valence electrons. The molecule has 1 aromatic carbocycles. The largest absolute Gasteiger partial charge is 0.298 e. The van der Waals surface area contributed by atoms with Crippen molar-refractivity contribution in [2.45, 2.75) is 19.9 Å². The van der Waals surface area contributed by atoms with Gasteiger partial charge in [-0.15, -0.1) is 0 Å². The molecule has 1 aliphatic rings. The van der Waals surface area contributed by atoms with Gasteiger partial charge in [-0.25, -0.2) is 0 Å². The number of benzene rings is 1. The molecule has 0 aromatic heterocycles. The number of hydrogen-bond acceptors (Lipinski definition) is 3. The van der Waals surface area contributed by atoms with Crippen molar-refractivity contribution in [1.29, 1.82) is 0 Å². The average Bonchev–Trinajstić information content (AvgIpc) is 2.39. The first kappa shape index (κ1) is 14.9. The highest BCUT2D eigenvalue weighted by molar-refractivity contribution is 14.1. The van der Waals surface area contributed by atoms with E-state index in [1.807, 2.05) is 24.3 Å². The summed E-state index contributed by atoms with van der Waals surface area (Å²) in [6, 6.07) is 8.38. The summed E-state index contributed by atoms with van der Waals surface area (Å²) in [7, 11) is 0. The summed E-state index contributed by atoms with van der Waals surface area (Å²) in [6.07, 6.45) is 0. The Labute approximate surface area is 129 Å². The Morgan fingerprint density at radius 2 is 2.00 bits per heavy atom. The lowest BCUT2D eigenvalue weighted by Gasteiger charge is -2.39. The Kier molecular flexibility index (Phi) is 5.36. The summed E-state index contributed by atoms with van der Waals surface area (Å²) in [5, 5.41) is 0. The molecule has 0 aliphatic carbocycles. The normalized spacial score (nSPS) is 21.5. The first-order chi connectivity index (χ1) is 9.10. The van der Waals surface area contributed by atoms with Crippen LogP contribution in [0.4, 0.5) is 0 Å². The molecule has 0 amide bonds. The zero-order chi connectivity index (χ0) is 13.8. The molecule has 0 bridgehead atoms. The highest BCUT2D eigenvalue weighted by atomic mass is 127. The Morgan fingerprint density at radius 3 is 2.58 bits per heavy atom. The molecule has 4 heteroatoms. The number of Topliss-reactive ketones (excluding diaryl/α,β-unsaturated/α-hetero) is 1. The fourth-order valence-electron chi connectivity index (χ4n) is 2.61. The molecule has 1 unspecified atom stereocenters. The second-order valence-electron chi connectivity index (χ2n) is 5.14. The monoisotopic (exact) mass is 372 g/mol. The van der Waals surface area contributed by atoms with Crippen molar-refractivity contribution >= 4 is 28.4 Å². The van der Waals surface area contributed by atoms with Crippen LogP contribution in [0.2, 0.25) is 0 Å². The van der Waals surface area contributed by atoms with Crippen molar-refractivity contribution in [3.05, 3.63) is 33.4 Å². The molecule has 0 radical (unpaired) electrons. The SMILES string of the molecule is CCN1CCN(CC(=O)c2ccc(I)cc2)CC1C. The molecule has 19 heavy (non-hydrogen) atoms. The van der Waals surface area contributed by atoms with Gasteiger partial charge in [0.1, 0.15) is 0 Å². The second-order valence-corrected chi connectivity index (χ2v) is 6.39. The summed E-state index contributed by atoms with van der Waals surface area (Å²) < 4.78 is 1.17. The first-order valence-electron chi connectivity index (χ1n) is 6.85. The van der Waals surface area contributed by atoms with Gasteiger partial charge in [-0.1, -0.05) is 19.1 Å². The number of nitrogens with zero attached hydrogens (tertiary/aromatic N) is 2. The van der Waals surface area contributed by atoms with E-state index in [0.717, 1.165) is 31.7 Å². The fourth-order valence-corrected chi connectivity index (χ4v) is 2.97. The lowest BCUT2D eigenvalue weighted by molar-refractivity contribution is 0.0723. The number of piperazine rings is 1. The number of carbonyl (C=O) groups excluding carboxylic acids is 1. The summed E-state index contributed by atoms with van der Waals surface area (Å²) in [5.41, 5.74) is 0.825. The van der Waals surface area contributed by atoms with Crippen LogP contribution in [0.5, 0.6) is 0 Å². The highest BCUT2D eigenvalue weighted by Crippen LogP contribution is 2.11. The van der Waals surface area contributed by atoms with E-state index in [1.165, 1.54) is 3.57 Å². The minimum atomic E-state index is 0.230. The number of carbonyl (C=O) groups is 1. The molecule has 1 fully saturated rings. The van der Waals surface area contributed by atoms with Gasteiger partial charge in [0, 0.05) is 34.8 Å². The molecule has 0 N–H and O–H groups in total. The summed E-state index contributed by atoms with van der Waals surface area (Å²) in [5.74, 6) is 0.230. The standard InChI is InChI=1S/C15H21IN2O/c1-3-18-9-8-17(10-12(18)2)11-15(19)13-4-6-14(16)7-5-13/h4-7,12H,3,8-11H2,1-2H3. The number of likely N-dealkylation sites (N-methyl/N-ethyl adjacent to an activating group) is 1. The van der Waals surface area contributed by atoms with Crippen LogP contribution in [-0.4, -0.2) is 54.3 Å². The Morgan fingerprint density at radius 1 is 1.32 bits per heavy atom. The van der Waals surface area contributed by atoms with E-state index in [0.29, 0.717) is 12.6 Å². The topological polar surface area (TPSA) is 23.6 Å². The third-order valence-corrected chi connectivity index (χ3v) is 4.51. The zero-order valence-electron chi connectivity index (χ0n) is 11.6. The van der Waals surface area contributed by atoms with Gasteiger partial charge in [0.2, 0.25) is 0 Å². The molecular weight excluding hydrogens is 351 g/mol. The van der Waals surface area contributed by atoms with Crippen LogP contribution in [0.15, 0.2) is 24.3 Å². The molecule has 1 saturated heterocycles. The van der Waals surface area contributed by atoms with Gasteiger partial charge >= 0.3 is 0 Å². The van der Waals surface area contributed by atoms with Gasteiger partial charge in [-0.3, -0.25) is 14.6 Å². The van der Waals surface area contributed by atoms with Crippen LogP contribution in [0.1, 0.15) is 24.2 Å². The molecule has 0 spiro atoms. The number of halogens is 1. The summed E-state index contributed by atoms with van der Waals surface area (Å²) in [4.78, 5) is 17.0. The van der Waals surface area contributed by atoms with Gasteiger partial charge in [0.25, 0.3) is 0 Å². The van der Waals surface area contributed by atoms with Gasteiger partial charge in [-0.05, 0) is 48.2 Å². The minimum absolute atomic E-state index is 0.230. The molecular formula is C15H21IN2O. The van der Waals surface area contributed by atoms with E-state index >= 15 is 0 Å². The molecule has 1 aliphatic heterocycles. The van der Waals surface area contributed by atoms with Gasteiger partial charge in [0.05, 0.1) is 6.54 Å². The second kappa shape index (κ2) is 6.81. The molecule has 1 aromatic rings. The fraction of sp³-hybridized carbons (Fsp3) is 0.533. The smallest absolute Gasteiger partial charge is 0.176 e. The third kappa shape index (κ3) is 4.00. The molecule has 1 atom stereocenters. The number of hydrogen-bond donors (Lipinski definition) is 0. The molecule has 0 saturated carbocycles. The van der Waals surface area contributed by atoms with E-state index in [2.05, 4.69) is 46.2 Å². The zero-order valence-corrected chi connectivity index (χ0v) is 13.8. The van der Waals surface area contributed by atoms with Crippen molar-refractivity contribution < 1.29 is 4.79 Å². The lowest BCUT2D eigenvalue weighted by atomic mass is 10.1. The summed E-state index contributed by atoms with van der Waals surface area (Å²) in [6.45, 7) is 9.13. The lowest BCUT2D eigenvalue weighted by Crippen LogP contribution is -2.52. The number of ketones is 1.